The number of benzene rings is 1. The van der Waals surface area contributed by atoms with E-state index < -0.39 is 12.8 Å². The Labute approximate surface area is 174 Å². The minimum Gasteiger partial charge on any atom is -0.372 e. The third-order valence-corrected chi connectivity index (χ3v) is 4.04. The van der Waals surface area contributed by atoms with Crippen LogP contribution in [0.3, 0.4) is 0 Å². The molecule has 0 heterocycles. The first-order valence-corrected chi connectivity index (χ1v) is 9.38. The average Bonchev–Trinajstić information content (AvgIpc) is 2.55. The van der Waals surface area contributed by atoms with Crippen molar-refractivity contribution in [3.63, 3.8) is 0 Å². The molecule has 0 atom stereocenters. The van der Waals surface area contributed by atoms with E-state index in [0.29, 0.717) is 32.0 Å². The maximum atomic E-state index is 12.0. The molecule has 0 spiro atoms. The lowest BCUT2D eigenvalue weighted by atomic mass is 10.1. The van der Waals surface area contributed by atoms with E-state index in [2.05, 4.69) is 45.5 Å². The van der Waals surface area contributed by atoms with Gasteiger partial charge < -0.3 is 15.4 Å². The number of alkyl halides is 3. The second-order valence-electron chi connectivity index (χ2n) is 5.46. The van der Waals surface area contributed by atoms with Crippen molar-refractivity contribution >= 4 is 41.7 Å². The summed E-state index contributed by atoms with van der Waals surface area (Å²) in [6.45, 7) is 4.61. The Morgan fingerprint density at radius 2 is 2.00 bits per heavy atom. The van der Waals surface area contributed by atoms with Crippen LogP contribution in [0, 0.1) is 6.92 Å². The number of ether oxygens (including phenoxy) is 1. The summed E-state index contributed by atoms with van der Waals surface area (Å²) >= 11 is 1.68. The van der Waals surface area contributed by atoms with Crippen LogP contribution in [0.25, 0.3) is 0 Å². The molecule has 0 radical (unpaired) electrons. The van der Waals surface area contributed by atoms with Crippen molar-refractivity contribution in [2.75, 3.05) is 32.6 Å². The standard InChI is InChI=1S/C17H26F3N3OS.HI/c1-4-21-16(22-8-5-9-24-12-17(18,19)20)23-11-14-7-6-13(2)10-15(14)25-3;/h6-7,10H,4-5,8-9,11-12H2,1-3H3,(H2,21,22,23);1H. The molecule has 2 N–H and O–H groups in total. The molecule has 0 bridgehead atoms. The maximum Gasteiger partial charge on any atom is 0.411 e. The first-order chi connectivity index (χ1) is 11.9. The van der Waals surface area contributed by atoms with Crippen molar-refractivity contribution in [3.8, 4) is 0 Å². The van der Waals surface area contributed by atoms with Gasteiger partial charge in [0, 0.05) is 24.6 Å². The monoisotopic (exact) mass is 505 g/mol. The van der Waals surface area contributed by atoms with Crippen LogP contribution >= 0.6 is 35.7 Å². The summed E-state index contributed by atoms with van der Waals surface area (Å²) in [6, 6.07) is 6.26. The fourth-order valence-corrected chi connectivity index (χ4v) is 2.76. The second-order valence-corrected chi connectivity index (χ2v) is 6.31. The fraction of sp³-hybridized carbons (Fsp3) is 0.588. The average molecular weight is 505 g/mol. The molecular weight excluding hydrogens is 478 g/mol. The molecule has 9 heteroatoms. The summed E-state index contributed by atoms with van der Waals surface area (Å²) in [5.41, 5.74) is 2.35. The van der Waals surface area contributed by atoms with Gasteiger partial charge in [-0.15, -0.1) is 35.7 Å². The number of thioether (sulfide) groups is 1. The van der Waals surface area contributed by atoms with Crippen molar-refractivity contribution in [2.24, 2.45) is 4.99 Å². The molecule has 0 saturated carbocycles. The molecule has 0 aliphatic carbocycles. The van der Waals surface area contributed by atoms with E-state index in [0.717, 1.165) is 5.56 Å². The molecule has 0 unspecified atom stereocenters. The van der Waals surface area contributed by atoms with Crippen LogP contribution in [0.5, 0.6) is 0 Å². The quantitative estimate of drug-likeness (QED) is 0.172. The van der Waals surface area contributed by atoms with Gasteiger partial charge in [0.2, 0.25) is 0 Å². The lowest BCUT2D eigenvalue weighted by Gasteiger charge is -2.13. The summed E-state index contributed by atoms with van der Waals surface area (Å²) in [6.07, 6.45) is -1.76. The summed E-state index contributed by atoms with van der Waals surface area (Å²) < 4.78 is 40.5. The molecule has 0 saturated heterocycles. The minimum absolute atomic E-state index is 0. The Morgan fingerprint density at radius 3 is 2.62 bits per heavy atom. The third kappa shape index (κ3) is 11.1. The van der Waals surface area contributed by atoms with Crippen LogP contribution in [0.2, 0.25) is 0 Å². The molecule has 0 amide bonds. The molecule has 1 aromatic carbocycles. The highest BCUT2D eigenvalue weighted by Gasteiger charge is 2.27. The Balaban J connectivity index is 0.00000625. The molecule has 0 aliphatic rings. The topological polar surface area (TPSA) is 45.7 Å². The number of nitrogens with zero attached hydrogens (tertiary/aromatic N) is 1. The number of nitrogens with one attached hydrogen (secondary N) is 2. The predicted octanol–water partition coefficient (Wildman–Crippen LogP) is 4.36. The SMILES string of the molecule is CCNC(=NCc1ccc(C)cc1SC)NCCCOCC(F)(F)F.I. The van der Waals surface area contributed by atoms with Crippen LogP contribution in [0.1, 0.15) is 24.5 Å². The lowest BCUT2D eigenvalue weighted by molar-refractivity contribution is -0.173. The minimum atomic E-state index is -4.27. The van der Waals surface area contributed by atoms with Gasteiger partial charge in [0.25, 0.3) is 0 Å². The first kappa shape index (κ1) is 25.3. The highest BCUT2D eigenvalue weighted by atomic mass is 127. The Bertz CT molecular complexity index is 557. The van der Waals surface area contributed by atoms with E-state index in [9.17, 15) is 13.2 Å². The third-order valence-electron chi connectivity index (χ3n) is 3.22. The van der Waals surface area contributed by atoms with E-state index in [1.807, 2.05) is 13.2 Å². The molecule has 1 aromatic rings. The number of aryl methyl sites for hydroxylation is 1. The number of rotatable bonds is 9. The maximum absolute atomic E-state index is 12.0. The Kier molecular flexibility index (Phi) is 13.1. The Hall–Kier alpha value is -0.680. The van der Waals surface area contributed by atoms with E-state index in [-0.39, 0.29) is 30.6 Å². The van der Waals surface area contributed by atoms with Gasteiger partial charge in [-0.1, -0.05) is 12.1 Å². The zero-order valence-corrected chi connectivity index (χ0v) is 18.4. The molecule has 1 rings (SSSR count). The van der Waals surface area contributed by atoms with E-state index in [1.54, 1.807) is 11.8 Å². The molecular formula is C17H27F3IN3OS. The van der Waals surface area contributed by atoms with Crippen molar-refractivity contribution in [3.05, 3.63) is 29.3 Å². The van der Waals surface area contributed by atoms with Gasteiger partial charge in [0.05, 0.1) is 6.54 Å². The Morgan fingerprint density at radius 1 is 1.27 bits per heavy atom. The normalized spacial score (nSPS) is 11.8. The van der Waals surface area contributed by atoms with Crippen LogP contribution in [-0.2, 0) is 11.3 Å². The van der Waals surface area contributed by atoms with Crippen molar-refractivity contribution < 1.29 is 17.9 Å². The molecule has 4 nitrogen and oxygen atoms in total. The van der Waals surface area contributed by atoms with Gasteiger partial charge in [-0.05, 0) is 43.7 Å². The van der Waals surface area contributed by atoms with E-state index in [1.165, 1.54) is 10.5 Å². The number of aliphatic imine (C=N–C) groups is 1. The number of hydrogen-bond donors (Lipinski definition) is 2. The van der Waals surface area contributed by atoms with Gasteiger partial charge in [-0.2, -0.15) is 13.2 Å². The van der Waals surface area contributed by atoms with E-state index >= 15 is 0 Å². The zero-order valence-electron chi connectivity index (χ0n) is 15.3. The van der Waals surface area contributed by atoms with Gasteiger partial charge in [-0.3, -0.25) is 0 Å². The fourth-order valence-electron chi connectivity index (χ4n) is 2.06. The summed E-state index contributed by atoms with van der Waals surface area (Å²) in [5, 5.41) is 6.24. The molecule has 0 aliphatic heterocycles. The highest BCUT2D eigenvalue weighted by molar-refractivity contribution is 14.0. The van der Waals surface area contributed by atoms with Crippen molar-refractivity contribution in [2.45, 2.75) is 37.9 Å². The van der Waals surface area contributed by atoms with E-state index in [4.69, 9.17) is 0 Å². The summed E-state index contributed by atoms with van der Waals surface area (Å²) in [5.74, 6) is 0.644. The number of hydrogen-bond acceptors (Lipinski definition) is 3. The second kappa shape index (κ2) is 13.5. The van der Waals surface area contributed by atoms with Crippen molar-refractivity contribution in [1.82, 2.24) is 10.6 Å². The highest BCUT2D eigenvalue weighted by Crippen LogP contribution is 2.22. The lowest BCUT2D eigenvalue weighted by Crippen LogP contribution is -2.38. The number of halogens is 4. The largest absolute Gasteiger partial charge is 0.411 e. The van der Waals surface area contributed by atoms with Crippen LogP contribution in [-0.4, -0.2) is 44.7 Å². The van der Waals surface area contributed by atoms with Gasteiger partial charge in [-0.25, -0.2) is 4.99 Å². The van der Waals surface area contributed by atoms with Gasteiger partial charge >= 0.3 is 6.18 Å². The summed E-state index contributed by atoms with van der Waals surface area (Å²) in [7, 11) is 0. The van der Waals surface area contributed by atoms with Gasteiger partial charge in [0.15, 0.2) is 5.96 Å². The predicted molar refractivity (Wildman–Crippen MR) is 113 cm³/mol. The van der Waals surface area contributed by atoms with Gasteiger partial charge in [0.1, 0.15) is 6.61 Å². The molecule has 0 fully saturated rings. The molecule has 26 heavy (non-hydrogen) atoms. The smallest absolute Gasteiger partial charge is 0.372 e. The zero-order chi connectivity index (χ0) is 18.7. The molecule has 0 aromatic heterocycles. The van der Waals surface area contributed by atoms with Crippen LogP contribution < -0.4 is 10.6 Å². The van der Waals surface area contributed by atoms with Crippen LogP contribution in [0.4, 0.5) is 13.2 Å². The van der Waals surface area contributed by atoms with Crippen LogP contribution in [0.15, 0.2) is 28.1 Å². The number of guanidine groups is 1. The first-order valence-electron chi connectivity index (χ1n) is 8.16. The van der Waals surface area contributed by atoms with Crippen molar-refractivity contribution in [1.29, 1.82) is 0 Å². The summed E-state index contributed by atoms with van der Waals surface area (Å²) in [4.78, 5) is 5.73. The molecule has 150 valence electrons.